The van der Waals surface area contributed by atoms with Gasteiger partial charge in [-0.2, -0.15) is 0 Å². The molecule has 0 amide bonds. The van der Waals surface area contributed by atoms with Crippen molar-refractivity contribution in [2.75, 3.05) is 0 Å². The number of hydrogen-bond donors (Lipinski definition) is 2. The maximum atomic E-state index is 10.1. The zero-order valence-corrected chi connectivity index (χ0v) is 11.4. The van der Waals surface area contributed by atoms with Crippen LogP contribution in [0, 0.1) is 0 Å². The van der Waals surface area contributed by atoms with Crippen LogP contribution in [-0.2, 0) is 0 Å². The van der Waals surface area contributed by atoms with E-state index in [1.54, 1.807) is 6.20 Å². The Kier molecular flexibility index (Phi) is 2.38. The highest BCUT2D eigenvalue weighted by molar-refractivity contribution is 6.00. The molecule has 0 bridgehead atoms. The molecule has 1 aliphatic rings. The number of aromatic nitrogens is 5. The largest absolute Gasteiger partial charge is 0.390 e. The number of aliphatic hydroxyl groups is 1. The molecule has 0 aromatic carbocycles. The molecule has 20 heavy (non-hydrogen) atoms. The van der Waals surface area contributed by atoms with Gasteiger partial charge in [-0.3, -0.25) is 0 Å². The van der Waals surface area contributed by atoms with Crippen molar-refractivity contribution in [3.63, 3.8) is 0 Å². The smallest absolute Gasteiger partial charge is 0.139 e. The molecule has 3 aromatic rings. The molecule has 3 heterocycles. The van der Waals surface area contributed by atoms with E-state index in [9.17, 15) is 5.11 Å². The van der Waals surface area contributed by atoms with Crippen LogP contribution in [0.3, 0.4) is 0 Å². The molecule has 1 saturated carbocycles. The number of rotatable bonds is 1. The molecule has 0 unspecified atom stereocenters. The standard InChI is InChI=1S/C14H17N5O/c1-14(20)5-2-9(3-6-14)19-12-10-4-7-15-13(10)16-8-11(12)17-18-19/h4,7-9,20H,2-3,5-6H2,1H3,(H,15,16)/t9-,14-. The molecule has 4 rings (SSSR count). The summed E-state index contributed by atoms with van der Waals surface area (Å²) in [4.78, 5) is 7.46. The summed E-state index contributed by atoms with van der Waals surface area (Å²) in [5.41, 5.74) is 2.21. The normalized spacial score (nSPS) is 27.4. The Balaban J connectivity index is 1.82. The second-order valence-corrected chi connectivity index (χ2v) is 5.99. The Labute approximate surface area is 115 Å². The molecule has 3 aromatic heterocycles. The van der Waals surface area contributed by atoms with Gasteiger partial charge in [-0.25, -0.2) is 9.67 Å². The highest BCUT2D eigenvalue weighted by atomic mass is 16.3. The summed E-state index contributed by atoms with van der Waals surface area (Å²) >= 11 is 0. The van der Waals surface area contributed by atoms with E-state index in [4.69, 9.17) is 0 Å². The first kappa shape index (κ1) is 11.8. The third-order valence-electron chi connectivity index (χ3n) is 4.39. The predicted octanol–water partition coefficient (Wildman–Crippen LogP) is 2.17. The number of H-pyrrole nitrogens is 1. The van der Waals surface area contributed by atoms with Crippen molar-refractivity contribution in [3.8, 4) is 0 Å². The Hall–Kier alpha value is -1.95. The summed E-state index contributed by atoms with van der Waals surface area (Å²) in [5, 5.41) is 19.7. The molecule has 0 spiro atoms. The number of fused-ring (bicyclic) bond motifs is 3. The molecule has 0 saturated heterocycles. The minimum absolute atomic E-state index is 0.306. The SMILES string of the molecule is C[C@]1(O)CC[C@H](n2nnc3cnc4[nH]ccc4c32)CC1. The average Bonchev–Trinajstić information content (AvgIpc) is 3.03. The van der Waals surface area contributed by atoms with Crippen LogP contribution < -0.4 is 0 Å². The fraction of sp³-hybridized carbons (Fsp3) is 0.500. The molecule has 0 atom stereocenters. The topological polar surface area (TPSA) is 79.6 Å². The van der Waals surface area contributed by atoms with Crippen molar-refractivity contribution < 1.29 is 5.11 Å². The maximum Gasteiger partial charge on any atom is 0.139 e. The molecule has 1 fully saturated rings. The second-order valence-electron chi connectivity index (χ2n) is 5.99. The van der Waals surface area contributed by atoms with E-state index in [-0.39, 0.29) is 0 Å². The highest BCUT2D eigenvalue weighted by Gasteiger charge is 2.31. The van der Waals surface area contributed by atoms with E-state index in [2.05, 4.69) is 20.3 Å². The number of pyridine rings is 1. The summed E-state index contributed by atoms with van der Waals surface area (Å²) in [6.45, 7) is 1.91. The van der Waals surface area contributed by atoms with Crippen LogP contribution in [0.5, 0.6) is 0 Å². The number of nitrogens with zero attached hydrogens (tertiary/aromatic N) is 4. The van der Waals surface area contributed by atoms with Gasteiger partial charge in [-0.1, -0.05) is 5.21 Å². The molecule has 6 nitrogen and oxygen atoms in total. The van der Waals surface area contributed by atoms with Gasteiger partial charge in [-0.15, -0.1) is 5.10 Å². The molecule has 1 aliphatic carbocycles. The summed E-state index contributed by atoms with van der Waals surface area (Å²) in [6, 6.07) is 2.32. The van der Waals surface area contributed by atoms with Crippen LogP contribution in [0.15, 0.2) is 18.5 Å². The van der Waals surface area contributed by atoms with Crippen molar-refractivity contribution in [2.24, 2.45) is 0 Å². The van der Waals surface area contributed by atoms with Crippen molar-refractivity contribution >= 4 is 22.1 Å². The second kappa shape index (κ2) is 4.02. The quantitative estimate of drug-likeness (QED) is 0.711. The Bertz CT molecular complexity index is 762. The van der Waals surface area contributed by atoms with E-state index in [0.29, 0.717) is 6.04 Å². The van der Waals surface area contributed by atoms with E-state index < -0.39 is 5.60 Å². The van der Waals surface area contributed by atoms with Crippen molar-refractivity contribution in [2.45, 2.75) is 44.2 Å². The summed E-state index contributed by atoms with van der Waals surface area (Å²) < 4.78 is 2.02. The molecule has 6 heteroatoms. The molecule has 104 valence electrons. The van der Waals surface area contributed by atoms with Gasteiger partial charge >= 0.3 is 0 Å². The Morgan fingerprint density at radius 3 is 3.00 bits per heavy atom. The minimum atomic E-state index is -0.530. The van der Waals surface area contributed by atoms with Gasteiger partial charge in [0, 0.05) is 11.6 Å². The molecule has 0 radical (unpaired) electrons. The van der Waals surface area contributed by atoms with Crippen LogP contribution >= 0.6 is 0 Å². The Morgan fingerprint density at radius 2 is 2.20 bits per heavy atom. The van der Waals surface area contributed by atoms with Crippen LogP contribution in [0.2, 0.25) is 0 Å². The third kappa shape index (κ3) is 1.71. The molecule has 0 aliphatic heterocycles. The van der Waals surface area contributed by atoms with Crippen LogP contribution in [-0.4, -0.2) is 35.7 Å². The van der Waals surface area contributed by atoms with Crippen molar-refractivity contribution in [3.05, 3.63) is 18.5 Å². The van der Waals surface area contributed by atoms with Gasteiger partial charge in [0.2, 0.25) is 0 Å². The first-order chi connectivity index (χ1) is 9.64. The van der Waals surface area contributed by atoms with E-state index in [1.165, 1.54) is 0 Å². The van der Waals surface area contributed by atoms with E-state index in [0.717, 1.165) is 47.8 Å². The highest BCUT2D eigenvalue weighted by Crippen LogP contribution is 2.36. The summed E-state index contributed by atoms with van der Waals surface area (Å²) in [7, 11) is 0. The first-order valence-corrected chi connectivity index (χ1v) is 7.03. The zero-order valence-electron chi connectivity index (χ0n) is 11.4. The first-order valence-electron chi connectivity index (χ1n) is 7.03. The van der Waals surface area contributed by atoms with Gasteiger partial charge in [-0.05, 0) is 38.7 Å². The lowest BCUT2D eigenvalue weighted by atomic mass is 9.83. The van der Waals surface area contributed by atoms with Gasteiger partial charge in [0.05, 0.1) is 17.8 Å². The van der Waals surface area contributed by atoms with E-state index >= 15 is 0 Å². The average molecular weight is 271 g/mol. The van der Waals surface area contributed by atoms with Gasteiger partial charge in [0.15, 0.2) is 0 Å². The van der Waals surface area contributed by atoms with Gasteiger partial charge in [0.25, 0.3) is 0 Å². The number of nitrogens with one attached hydrogen (secondary N) is 1. The van der Waals surface area contributed by atoms with Crippen molar-refractivity contribution in [1.29, 1.82) is 0 Å². The fourth-order valence-corrected chi connectivity index (χ4v) is 3.16. The van der Waals surface area contributed by atoms with E-state index in [1.807, 2.05) is 23.9 Å². The minimum Gasteiger partial charge on any atom is -0.390 e. The molecular formula is C14H17N5O. The maximum absolute atomic E-state index is 10.1. The zero-order chi connectivity index (χ0) is 13.7. The number of aromatic amines is 1. The summed E-state index contributed by atoms with van der Waals surface area (Å²) in [6.07, 6.45) is 7.12. The van der Waals surface area contributed by atoms with Gasteiger partial charge in [0.1, 0.15) is 16.7 Å². The van der Waals surface area contributed by atoms with Gasteiger partial charge < -0.3 is 10.1 Å². The molecular weight excluding hydrogens is 254 g/mol. The fourth-order valence-electron chi connectivity index (χ4n) is 3.16. The lowest BCUT2D eigenvalue weighted by Crippen LogP contribution is -2.31. The predicted molar refractivity (Wildman–Crippen MR) is 75.3 cm³/mol. The number of hydrogen-bond acceptors (Lipinski definition) is 4. The van der Waals surface area contributed by atoms with Crippen LogP contribution in [0.25, 0.3) is 22.1 Å². The van der Waals surface area contributed by atoms with Crippen molar-refractivity contribution in [1.82, 2.24) is 25.0 Å². The molecule has 2 N–H and O–H groups in total. The monoisotopic (exact) mass is 271 g/mol. The third-order valence-corrected chi connectivity index (χ3v) is 4.39. The lowest BCUT2D eigenvalue weighted by Gasteiger charge is -2.33. The summed E-state index contributed by atoms with van der Waals surface area (Å²) in [5.74, 6) is 0. The Morgan fingerprint density at radius 1 is 1.40 bits per heavy atom. The lowest BCUT2D eigenvalue weighted by molar-refractivity contribution is 0.00884. The van der Waals surface area contributed by atoms with Crippen LogP contribution in [0.4, 0.5) is 0 Å². The van der Waals surface area contributed by atoms with Crippen LogP contribution in [0.1, 0.15) is 38.6 Å².